The molecule has 0 aliphatic carbocycles. The Labute approximate surface area is 93.6 Å². The predicted octanol–water partition coefficient (Wildman–Crippen LogP) is 1.50. The lowest BCUT2D eigenvalue weighted by molar-refractivity contribution is 0.0596. The van der Waals surface area contributed by atoms with Gasteiger partial charge in [-0.2, -0.15) is 0 Å². The van der Waals surface area contributed by atoms with E-state index in [0.29, 0.717) is 11.3 Å². The molecule has 0 radical (unpaired) electrons. The summed E-state index contributed by atoms with van der Waals surface area (Å²) in [6, 6.07) is 1.49. The maximum atomic E-state index is 11.4. The van der Waals surface area contributed by atoms with Crippen molar-refractivity contribution in [3.05, 3.63) is 17.2 Å². The molecule has 0 bridgehead atoms. The lowest BCUT2D eigenvalue weighted by Crippen LogP contribution is -2.04. The van der Waals surface area contributed by atoms with Crippen LogP contribution in [0.15, 0.2) is 6.07 Å². The second-order valence-electron chi connectivity index (χ2n) is 3.15. The molecule has 0 amide bonds. The second kappa shape index (κ2) is 4.74. The minimum absolute atomic E-state index is 0.0534. The van der Waals surface area contributed by atoms with Crippen LogP contribution < -0.4 is 9.47 Å². The van der Waals surface area contributed by atoms with Gasteiger partial charge in [-0.05, 0) is 18.6 Å². The zero-order chi connectivity index (χ0) is 12.3. The van der Waals surface area contributed by atoms with E-state index in [2.05, 4.69) is 4.74 Å². The molecule has 0 saturated carbocycles. The molecule has 0 aliphatic rings. The summed E-state index contributed by atoms with van der Waals surface area (Å²) in [6.07, 6.45) is 0. The number of phenolic OH excluding ortho intramolecular Hbond substituents is 1. The average Bonchev–Trinajstić information content (AvgIpc) is 2.29. The summed E-state index contributed by atoms with van der Waals surface area (Å²) < 4.78 is 14.6. The van der Waals surface area contributed by atoms with Gasteiger partial charge in [0.05, 0.1) is 21.3 Å². The first kappa shape index (κ1) is 12.2. The average molecular weight is 226 g/mol. The van der Waals surface area contributed by atoms with Crippen LogP contribution in [0.25, 0.3) is 0 Å². The van der Waals surface area contributed by atoms with Crippen molar-refractivity contribution in [3.63, 3.8) is 0 Å². The maximum absolute atomic E-state index is 11.4. The Bertz CT molecular complexity index is 411. The molecule has 1 rings (SSSR count). The van der Waals surface area contributed by atoms with Gasteiger partial charge in [-0.1, -0.05) is 0 Å². The number of phenols is 1. The summed E-state index contributed by atoms with van der Waals surface area (Å²) in [5.74, 6) is -0.381. The number of methoxy groups -OCH3 is 3. The van der Waals surface area contributed by atoms with Gasteiger partial charge >= 0.3 is 5.97 Å². The topological polar surface area (TPSA) is 65.0 Å². The van der Waals surface area contributed by atoms with E-state index in [9.17, 15) is 9.90 Å². The quantitative estimate of drug-likeness (QED) is 0.791. The van der Waals surface area contributed by atoms with E-state index < -0.39 is 5.97 Å². The number of aromatic hydroxyl groups is 1. The molecule has 0 spiro atoms. The number of ether oxygens (including phenoxy) is 3. The second-order valence-corrected chi connectivity index (χ2v) is 3.15. The summed E-state index contributed by atoms with van der Waals surface area (Å²) in [5, 5.41) is 9.82. The molecule has 0 fully saturated rings. The van der Waals surface area contributed by atoms with Crippen molar-refractivity contribution < 1.29 is 24.1 Å². The van der Waals surface area contributed by atoms with Crippen molar-refractivity contribution in [2.75, 3.05) is 21.3 Å². The largest absolute Gasteiger partial charge is 0.504 e. The summed E-state index contributed by atoms with van der Waals surface area (Å²) >= 11 is 0. The molecular weight excluding hydrogens is 212 g/mol. The van der Waals surface area contributed by atoms with E-state index in [1.807, 2.05) is 0 Å². The van der Waals surface area contributed by atoms with E-state index in [1.54, 1.807) is 6.92 Å². The van der Waals surface area contributed by atoms with Gasteiger partial charge in [0.15, 0.2) is 11.5 Å². The lowest BCUT2D eigenvalue weighted by Gasteiger charge is -2.14. The van der Waals surface area contributed by atoms with Crippen LogP contribution in [0.1, 0.15) is 15.9 Å². The molecule has 88 valence electrons. The van der Waals surface area contributed by atoms with E-state index in [-0.39, 0.29) is 17.1 Å². The lowest BCUT2D eigenvalue weighted by atomic mass is 10.1. The highest BCUT2D eigenvalue weighted by Gasteiger charge is 2.21. The molecule has 0 aliphatic heterocycles. The Morgan fingerprint density at radius 2 is 1.75 bits per heavy atom. The van der Waals surface area contributed by atoms with Crippen molar-refractivity contribution in [3.8, 4) is 17.2 Å². The molecule has 0 aromatic heterocycles. The van der Waals surface area contributed by atoms with Crippen LogP contribution in [-0.2, 0) is 4.74 Å². The molecule has 0 saturated heterocycles. The molecular formula is C11H14O5. The number of esters is 1. The standard InChI is InChI=1S/C11H14O5/c1-6-5-7(11(13)16-4)8(12)10(15-3)9(6)14-2/h5,12H,1-4H3. The van der Waals surface area contributed by atoms with Gasteiger partial charge in [0.25, 0.3) is 0 Å². The Balaban J connectivity index is 3.45. The van der Waals surface area contributed by atoms with Crippen LogP contribution in [0.3, 0.4) is 0 Å². The van der Waals surface area contributed by atoms with Crippen molar-refractivity contribution in [2.24, 2.45) is 0 Å². The molecule has 0 atom stereocenters. The fourth-order valence-corrected chi connectivity index (χ4v) is 1.47. The SMILES string of the molecule is COC(=O)c1cc(C)c(OC)c(OC)c1O. The highest BCUT2D eigenvalue weighted by molar-refractivity contribution is 5.94. The highest BCUT2D eigenvalue weighted by Crippen LogP contribution is 2.41. The number of carbonyl (C=O) groups excluding carboxylic acids is 1. The minimum Gasteiger partial charge on any atom is -0.504 e. The molecule has 0 heterocycles. The number of benzene rings is 1. The van der Waals surface area contributed by atoms with Crippen molar-refractivity contribution >= 4 is 5.97 Å². The first-order chi connectivity index (χ1) is 7.56. The molecule has 5 nitrogen and oxygen atoms in total. The Kier molecular flexibility index (Phi) is 3.60. The Morgan fingerprint density at radius 3 is 2.19 bits per heavy atom. The van der Waals surface area contributed by atoms with E-state index in [0.717, 1.165) is 0 Å². The molecule has 5 heteroatoms. The number of rotatable bonds is 3. The Hall–Kier alpha value is -1.91. The van der Waals surface area contributed by atoms with Crippen LogP contribution in [0.5, 0.6) is 17.2 Å². The van der Waals surface area contributed by atoms with Crippen LogP contribution in [0.4, 0.5) is 0 Å². The Morgan fingerprint density at radius 1 is 1.19 bits per heavy atom. The molecule has 1 N–H and O–H groups in total. The molecule has 1 aromatic rings. The number of hydrogen-bond donors (Lipinski definition) is 1. The third-order valence-electron chi connectivity index (χ3n) is 2.21. The van der Waals surface area contributed by atoms with E-state index in [1.165, 1.54) is 27.4 Å². The third-order valence-corrected chi connectivity index (χ3v) is 2.21. The molecule has 16 heavy (non-hydrogen) atoms. The minimum atomic E-state index is -0.624. The van der Waals surface area contributed by atoms with Crippen molar-refractivity contribution in [1.29, 1.82) is 0 Å². The van der Waals surface area contributed by atoms with Crippen molar-refractivity contribution in [2.45, 2.75) is 6.92 Å². The summed E-state index contributed by atoms with van der Waals surface area (Å²) in [5.41, 5.74) is 0.732. The third kappa shape index (κ3) is 1.88. The van der Waals surface area contributed by atoms with Gasteiger partial charge in [0.1, 0.15) is 5.56 Å². The number of hydrogen-bond acceptors (Lipinski definition) is 5. The molecule has 0 unspecified atom stereocenters. The smallest absolute Gasteiger partial charge is 0.341 e. The van der Waals surface area contributed by atoms with Gasteiger partial charge in [-0.3, -0.25) is 0 Å². The van der Waals surface area contributed by atoms with E-state index >= 15 is 0 Å². The highest BCUT2D eigenvalue weighted by atomic mass is 16.5. The monoisotopic (exact) mass is 226 g/mol. The van der Waals surface area contributed by atoms with Gasteiger partial charge < -0.3 is 19.3 Å². The van der Waals surface area contributed by atoms with E-state index in [4.69, 9.17) is 9.47 Å². The number of aryl methyl sites for hydroxylation is 1. The normalized spacial score (nSPS) is 9.75. The van der Waals surface area contributed by atoms with Crippen LogP contribution in [0.2, 0.25) is 0 Å². The van der Waals surface area contributed by atoms with Gasteiger partial charge in [-0.15, -0.1) is 0 Å². The fourth-order valence-electron chi connectivity index (χ4n) is 1.47. The van der Waals surface area contributed by atoms with Gasteiger partial charge in [0, 0.05) is 0 Å². The van der Waals surface area contributed by atoms with Gasteiger partial charge in [-0.25, -0.2) is 4.79 Å². The first-order valence-corrected chi connectivity index (χ1v) is 4.59. The van der Waals surface area contributed by atoms with Crippen LogP contribution >= 0.6 is 0 Å². The summed E-state index contributed by atoms with van der Waals surface area (Å²) in [6.45, 7) is 1.74. The molecule has 1 aromatic carbocycles. The van der Waals surface area contributed by atoms with Crippen LogP contribution in [0, 0.1) is 6.92 Å². The van der Waals surface area contributed by atoms with Crippen molar-refractivity contribution in [1.82, 2.24) is 0 Å². The zero-order valence-electron chi connectivity index (χ0n) is 9.66. The zero-order valence-corrected chi connectivity index (χ0v) is 9.66. The first-order valence-electron chi connectivity index (χ1n) is 4.59. The van der Waals surface area contributed by atoms with Crippen LogP contribution in [-0.4, -0.2) is 32.4 Å². The summed E-state index contributed by atoms with van der Waals surface area (Å²) in [7, 11) is 4.09. The maximum Gasteiger partial charge on any atom is 0.341 e. The predicted molar refractivity (Wildman–Crippen MR) is 57.3 cm³/mol. The fraction of sp³-hybridized carbons (Fsp3) is 0.364. The number of carbonyl (C=O) groups is 1. The summed E-state index contributed by atoms with van der Waals surface area (Å²) in [4.78, 5) is 11.4. The van der Waals surface area contributed by atoms with Gasteiger partial charge in [0.2, 0.25) is 5.75 Å².